The molecule has 0 radical (unpaired) electrons. The zero-order valence-corrected chi connectivity index (χ0v) is 15.6. The largest absolute Gasteiger partial charge is 0.507 e. The third kappa shape index (κ3) is 2.96. The molecule has 1 fully saturated rings. The van der Waals surface area contributed by atoms with Gasteiger partial charge in [-0.2, -0.15) is 0 Å². The highest BCUT2D eigenvalue weighted by Crippen LogP contribution is 2.44. The highest BCUT2D eigenvalue weighted by atomic mass is 35.5. The van der Waals surface area contributed by atoms with E-state index in [-0.39, 0.29) is 16.3 Å². The molecule has 3 aromatic rings. The first kappa shape index (κ1) is 18.3. The number of benzene rings is 2. The number of halogens is 2. The van der Waals surface area contributed by atoms with Gasteiger partial charge in [0.05, 0.1) is 11.6 Å². The van der Waals surface area contributed by atoms with Crippen molar-refractivity contribution in [3.63, 3.8) is 0 Å². The van der Waals surface area contributed by atoms with Crippen molar-refractivity contribution >= 4 is 45.5 Å². The van der Waals surface area contributed by atoms with E-state index in [4.69, 9.17) is 11.6 Å². The van der Waals surface area contributed by atoms with Gasteiger partial charge in [0.1, 0.15) is 17.1 Å². The second-order valence-electron chi connectivity index (χ2n) is 5.92. The molecule has 0 saturated carbocycles. The van der Waals surface area contributed by atoms with Crippen LogP contribution in [0.15, 0.2) is 59.6 Å². The monoisotopic (exact) mass is 415 g/mol. The molecule has 0 spiro atoms. The van der Waals surface area contributed by atoms with Crippen molar-refractivity contribution in [3.05, 3.63) is 81.6 Å². The number of carbonyl (C=O) groups excluding carboxylic acids is 2. The van der Waals surface area contributed by atoms with Crippen molar-refractivity contribution in [2.24, 2.45) is 0 Å². The van der Waals surface area contributed by atoms with Gasteiger partial charge in [0.15, 0.2) is 0 Å². The van der Waals surface area contributed by atoms with Crippen molar-refractivity contribution in [1.29, 1.82) is 0 Å². The van der Waals surface area contributed by atoms with Crippen LogP contribution >= 0.6 is 22.9 Å². The Morgan fingerprint density at radius 1 is 1.14 bits per heavy atom. The van der Waals surface area contributed by atoms with Crippen LogP contribution in [0.1, 0.15) is 17.2 Å². The number of nitrogens with zero attached hydrogens (tertiary/aromatic N) is 3. The minimum absolute atomic E-state index is 0.153. The van der Waals surface area contributed by atoms with Gasteiger partial charge in [-0.25, -0.2) is 4.39 Å². The topological polar surface area (TPSA) is 83.4 Å². The Morgan fingerprint density at radius 2 is 1.86 bits per heavy atom. The third-order valence-electron chi connectivity index (χ3n) is 4.32. The van der Waals surface area contributed by atoms with E-state index < -0.39 is 29.3 Å². The Hall–Kier alpha value is -3.10. The summed E-state index contributed by atoms with van der Waals surface area (Å²) in [5.74, 6) is -2.66. The lowest BCUT2D eigenvalue weighted by molar-refractivity contribution is -0.132. The number of hydrogen-bond acceptors (Lipinski definition) is 6. The smallest absolute Gasteiger partial charge is 0.301 e. The molecule has 1 N–H and O–H groups in total. The first-order valence-corrected chi connectivity index (χ1v) is 9.32. The molecule has 0 bridgehead atoms. The molecule has 6 nitrogen and oxygen atoms in total. The number of amides is 1. The minimum Gasteiger partial charge on any atom is -0.507 e. The maximum atomic E-state index is 13.3. The number of aliphatic hydroxyl groups is 1. The predicted molar refractivity (Wildman–Crippen MR) is 103 cm³/mol. The summed E-state index contributed by atoms with van der Waals surface area (Å²) in [6, 6.07) is 10.7. The highest BCUT2D eigenvalue weighted by molar-refractivity contribution is 7.13. The van der Waals surface area contributed by atoms with Crippen molar-refractivity contribution in [2.75, 3.05) is 4.90 Å². The van der Waals surface area contributed by atoms with E-state index in [0.717, 1.165) is 28.4 Å². The third-order valence-corrected chi connectivity index (χ3v) is 5.35. The van der Waals surface area contributed by atoms with Crippen LogP contribution in [0.2, 0.25) is 5.02 Å². The maximum Gasteiger partial charge on any atom is 0.301 e. The number of aromatic nitrogens is 2. The minimum atomic E-state index is -0.994. The Labute approximate surface area is 167 Å². The molecule has 1 saturated heterocycles. The molecule has 0 aliphatic carbocycles. The summed E-state index contributed by atoms with van der Waals surface area (Å²) in [4.78, 5) is 26.7. The summed E-state index contributed by atoms with van der Waals surface area (Å²) in [7, 11) is 0. The summed E-state index contributed by atoms with van der Waals surface area (Å²) in [6.07, 6.45) is 0. The van der Waals surface area contributed by atoms with Crippen LogP contribution in [0.3, 0.4) is 0 Å². The van der Waals surface area contributed by atoms with Gasteiger partial charge in [-0.1, -0.05) is 41.1 Å². The fourth-order valence-corrected chi connectivity index (χ4v) is 3.88. The lowest BCUT2D eigenvalue weighted by atomic mass is 9.95. The zero-order valence-electron chi connectivity index (χ0n) is 14.0. The standard InChI is InChI=1S/C19H11ClFN3O3S/c20-13-4-2-1-3-12(13)15-14(16(25)10-5-7-11(21)8-6-10)17(26)18(27)24(15)19-23-22-9-28-19/h1-9,15,25H. The zero-order chi connectivity index (χ0) is 19.8. The van der Waals surface area contributed by atoms with Gasteiger partial charge in [-0.3, -0.25) is 14.5 Å². The lowest BCUT2D eigenvalue weighted by Gasteiger charge is -2.23. The Bertz CT molecular complexity index is 1100. The number of rotatable bonds is 3. The number of aliphatic hydroxyl groups excluding tert-OH is 1. The van der Waals surface area contributed by atoms with Crippen LogP contribution in [0.5, 0.6) is 0 Å². The van der Waals surface area contributed by atoms with Crippen LogP contribution in [0.25, 0.3) is 5.76 Å². The first-order valence-electron chi connectivity index (χ1n) is 8.06. The van der Waals surface area contributed by atoms with Gasteiger partial charge in [-0.15, -0.1) is 10.2 Å². The quantitative estimate of drug-likeness (QED) is 0.397. The lowest BCUT2D eigenvalue weighted by Crippen LogP contribution is -2.29. The second kappa shape index (κ2) is 7.14. The second-order valence-corrected chi connectivity index (χ2v) is 7.14. The van der Waals surface area contributed by atoms with Gasteiger partial charge in [0.25, 0.3) is 5.78 Å². The normalized spacial score (nSPS) is 18.6. The van der Waals surface area contributed by atoms with Crippen LogP contribution in [0, 0.1) is 5.82 Å². The average Bonchev–Trinajstić information content (AvgIpc) is 3.30. The molecule has 1 aromatic heterocycles. The molecule has 2 heterocycles. The molecular weight excluding hydrogens is 405 g/mol. The van der Waals surface area contributed by atoms with Crippen LogP contribution in [-0.4, -0.2) is 27.0 Å². The fourth-order valence-electron chi connectivity index (χ4n) is 3.06. The summed E-state index contributed by atoms with van der Waals surface area (Å²) in [6.45, 7) is 0. The van der Waals surface area contributed by atoms with Crippen molar-refractivity contribution in [1.82, 2.24) is 10.2 Å². The Kier molecular flexibility index (Phi) is 4.66. The van der Waals surface area contributed by atoms with Crippen molar-refractivity contribution < 1.29 is 19.1 Å². The van der Waals surface area contributed by atoms with E-state index in [1.165, 1.54) is 17.6 Å². The molecule has 2 aromatic carbocycles. The van der Waals surface area contributed by atoms with E-state index in [1.54, 1.807) is 24.3 Å². The van der Waals surface area contributed by atoms with Crippen LogP contribution in [0.4, 0.5) is 9.52 Å². The molecule has 1 atom stereocenters. The number of anilines is 1. The Balaban J connectivity index is 1.96. The molecule has 140 valence electrons. The predicted octanol–water partition coefficient (Wildman–Crippen LogP) is 3.96. The number of ketones is 1. The molecule has 1 aliphatic rings. The average molecular weight is 416 g/mol. The van der Waals surface area contributed by atoms with E-state index in [0.29, 0.717) is 10.6 Å². The summed E-state index contributed by atoms with van der Waals surface area (Å²) in [5.41, 5.74) is 1.93. The van der Waals surface area contributed by atoms with Gasteiger partial charge in [-0.05, 0) is 35.9 Å². The number of hydrogen-bond donors (Lipinski definition) is 1. The van der Waals surface area contributed by atoms with Crippen molar-refractivity contribution in [3.8, 4) is 0 Å². The molecule has 4 rings (SSSR count). The number of carbonyl (C=O) groups is 2. The Morgan fingerprint density at radius 3 is 2.50 bits per heavy atom. The van der Waals surface area contributed by atoms with E-state index in [9.17, 15) is 19.1 Å². The van der Waals surface area contributed by atoms with Gasteiger partial charge < -0.3 is 5.11 Å². The van der Waals surface area contributed by atoms with E-state index >= 15 is 0 Å². The SMILES string of the molecule is O=C1C(=O)N(c2nncs2)C(c2ccccc2Cl)C1=C(O)c1ccc(F)cc1. The molecule has 1 aliphatic heterocycles. The molecule has 1 amide bonds. The maximum absolute atomic E-state index is 13.3. The van der Waals surface area contributed by atoms with Crippen LogP contribution < -0.4 is 4.90 Å². The van der Waals surface area contributed by atoms with Crippen LogP contribution in [-0.2, 0) is 9.59 Å². The first-order chi connectivity index (χ1) is 13.5. The summed E-state index contributed by atoms with van der Waals surface area (Å²) >= 11 is 7.40. The van der Waals surface area contributed by atoms with Gasteiger partial charge in [0.2, 0.25) is 5.13 Å². The molecular formula is C19H11ClFN3O3S. The van der Waals surface area contributed by atoms with Gasteiger partial charge in [0, 0.05) is 10.6 Å². The van der Waals surface area contributed by atoms with E-state index in [2.05, 4.69) is 10.2 Å². The van der Waals surface area contributed by atoms with Crippen molar-refractivity contribution in [2.45, 2.75) is 6.04 Å². The van der Waals surface area contributed by atoms with Gasteiger partial charge >= 0.3 is 5.91 Å². The molecule has 28 heavy (non-hydrogen) atoms. The summed E-state index contributed by atoms with van der Waals surface area (Å²) < 4.78 is 13.3. The highest BCUT2D eigenvalue weighted by Gasteiger charge is 2.48. The molecule has 9 heteroatoms. The van der Waals surface area contributed by atoms with E-state index in [1.807, 2.05) is 0 Å². The molecule has 1 unspecified atom stereocenters. The fraction of sp³-hybridized carbons (Fsp3) is 0.0526. The number of Topliss-reactive ketones (excluding diaryl/α,β-unsaturated/α-hetero) is 1. The summed E-state index contributed by atoms with van der Waals surface area (Å²) in [5, 5.41) is 18.9.